The standard InChI is InChI=1S/C49H95NO11S/c1-3-5-7-9-11-13-15-17-18-19-20-21-22-23-24-25-26-27-29-31-33-35-37-39-45(53)50-42(43(52)38-36-34-32-30-28-16-14-12-10-8-6-4-2)41-59-49-47(55)48(61-62(56,57)58)46(54)44(40-51)60-49/h36,38,42-44,46-49,51-52,54-55H,3-35,37,39-41H2,1-2H3,(H,50,53)(H,56,57,58)/b38-36+. The third-order valence-electron chi connectivity index (χ3n) is 12.3. The zero-order valence-corrected chi connectivity index (χ0v) is 40.3. The lowest BCUT2D eigenvalue weighted by Gasteiger charge is -2.41. The number of aliphatic hydroxyl groups is 4. The van der Waals surface area contributed by atoms with Gasteiger partial charge in [0, 0.05) is 6.42 Å². The van der Waals surface area contributed by atoms with Gasteiger partial charge in [-0.3, -0.25) is 9.35 Å². The van der Waals surface area contributed by atoms with Crippen LogP contribution >= 0.6 is 0 Å². The number of unbranched alkanes of at least 4 members (excludes halogenated alkanes) is 32. The van der Waals surface area contributed by atoms with E-state index in [1.54, 1.807) is 6.08 Å². The topological polar surface area (TPSA) is 192 Å². The fourth-order valence-corrected chi connectivity index (χ4v) is 8.85. The lowest BCUT2D eigenvalue weighted by molar-refractivity contribution is -0.298. The summed E-state index contributed by atoms with van der Waals surface area (Å²) in [6, 6.07) is -0.938. The van der Waals surface area contributed by atoms with Crippen LogP contribution in [-0.4, -0.2) is 95.4 Å². The molecule has 0 aromatic carbocycles. The van der Waals surface area contributed by atoms with Crippen LogP contribution in [0.25, 0.3) is 0 Å². The minimum Gasteiger partial charge on any atom is -0.394 e. The second-order valence-corrected chi connectivity index (χ2v) is 19.2. The molecule has 1 heterocycles. The van der Waals surface area contributed by atoms with Crippen molar-refractivity contribution in [2.45, 2.75) is 281 Å². The summed E-state index contributed by atoms with van der Waals surface area (Å²) in [7, 11) is -5.08. The van der Waals surface area contributed by atoms with E-state index in [4.69, 9.17) is 9.47 Å². The highest BCUT2D eigenvalue weighted by molar-refractivity contribution is 7.80. The molecule has 1 amide bonds. The summed E-state index contributed by atoms with van der Waals surface area (Å²) in [5, 5.41) is 44.7. The summed E-state index contributed by atoms with van der Waals surface area (Å²) in [5.41, 5.74) is 0. The first-order valence-corrected chi connectivity index (χ1v) is 26.9. The van der Waals surface area contributed by atoms with Crippen molar-refractivity contribution in [3.63, 3.8) is 0 Å². The highest BCUT2D eigenvalue weighted by Gasteiger charge is 2.48. The Morgan fingerprint density at radius 1 is 0.629 bits per heavy atom. The third-order valence-corrected chi connectivity index (χ3v) is 12.8. The maximum absolute atomic E-state index is 13.1. The number of nitrogens with one attached hydrogen (secondary N) is 1. The summed E-state index contributed by atoms with van der Waals surface area (Å²) >= 11 is 0. The van der Waals surface area contributed by atoms with E-state index in [0.29, 0.717) is 6.42 Å². The maximum atomic E-state index is 13.1. The van der Waals surface area contributed by atoms with Gasteiger partial charge in [-0.2, -0.15) is 8.42 Å². The molecule has 0 saturated carbocycles. The molecule has 0 aliphatic carbocycles. The molecule has 0 aromatic rings. The molecule has 1 saturated heterocycles. The molecule has 0 radical (unpaired) electrons. The second-order valence-electron chi connectivity index (χ2n) is 18.1. The largest absolute Gasteiger partial charge is 0.397 e. The number of hydrogen-bond donors (Lipinski definition) is 6. The molecule has 6 N–H and O–H groups in total. The fraction of sp³-hybridized carbons (Fsp3) is 0.939. The van der Waals surface area contributed by atoms with Gasteiger partial charge in [-0.1, -0.05) is 225 Å². The van der Waals surface area contributed by atoms with E-state index < -0.39 is 59.9 Å². The average molecular weight is 906 g/mol. The first-order valence-electron chi connectivity index (χ1n) is 25.6. The van der Waals surface area contributed by atoms with Crippen LogP contribution in [0, 0.1) is 0 Å². The predicted octanol–water partition coefficient (Wildman–Crippen LogP) is 10.7. The summed E-state index contributed by atoms with van der Waals surface area (Å²) in [5.74, 6) is -0.259. The number of carbonyl (C=O) groups is 1. The van der Waals surface area contributed by atoms with Crippen molar-refractivity contribution in [1.82, 2.24) is 5.32 Å². The maximum Gasteiger partial charge on any atom is 0.397 e. The van der Waals surface area contributed by atoms with Gasteiger partial charge in [-0.05, 0) is 19.3 Å². The van der Waals surface area contributed by atoms with Crippen molar-refractivity contribution in [3.8, 4) is 0 Å². The number of aliphatic hydroxyl groups excluding tert-OH is 4. The van der Waals surface area contributed by atoms with Crippen molar-refractivity contribution in [2.75, 3.05) is 13.2 Å². The van der Waals surface area contributed by atoms with Crippen molar-refractivity contribution >= 4 is 16.3 Å². The van der Waals surface area contributed by atoms with E-state index >= 15 is 0 Å². The first-order chi connectivity index (χ1) is 30.0. The second kappa shape index (κ2) is 40.1. The smallest absolute Gasteiger partial charge is 0.394 e. The molecule has 0 bridgehead atoms. The molecule has 368 valence electrons. The third kappa shape index (κ3) is 32.5. The van der Waals surface area contributed by atoms with E-state index in [2.05, 4.69) is 23.3 Å². The molecule has 13 heteroatoms. The molecule has 1 fully saturated rings. The number of allylic oxidation sites excluding steroid dienone is 1. The average Bonchev–Trinajstić information content (AvgIpc) is 3.24. The lowest BCUT2D eigenvalue weighted by atomic mass is 9.99. The zero-order valence-electron chi connectivity index (χ0n) is 39.5. The van der Waals surface area contributed by atoms with Gasteiger partial charge in [-0.25, -0.2) is 4.18 Å². The summed E-state index contributed by atoms with van der Waals surface area (Å²) < 4.78 is 47.6. The Bertz CT molecular complexity index is 1160. The molecular formula is C49H95NO11S. The van der Waals surface area contributed by atoms with Crippen LogP contribution in [0.5, 0.6) is 0 Å². The minimum atomic E-state index is -5.08. The lowest BCUT2D eigenvalue weighted by Crippen LogP contribution is -2.61. The van der Waals surface area contributed by atoms with Gasteiger partial charge in [0.1, 0.15) is 24.4 Å². The number of hydrogen-bond acceptors (Lipinski definition) is 10. The highest BCUT2D eigenvalue weighted by atomic mass is 32.3. The normalized spacial score (nSPS) is 20.5. The van der Waals surface area contributed by atoms with Gasteiger partial charge in [-0.15, -0.1) is 0 Å². The first kappa shape index (κ1) is 58.9. The molecule has 62 heavy (non-hydrogen) atoms. The van der Waals surface area contributed by atoms with E-state index in [9.17, 15) is 38.2 Å². The van der Waals surface area contributed by atoms with E-state index in [1.807, 2.05) is 6.08 Å². The summed E-state index contributed by atoms with van der Waals surface area (Å²) in [6.45, 7) is 3.40. The van der Waals surface area contributed by atoms with Gasteiger partial charge in [0.2, 0.25) is 5.91 Å². The number of ether oxygens (including phenoxy) is 2. The minimum absolute atomic E-state index is 0.259. The summed E-state index contributed by atoms with van der Waals surface area (Å²) in [4.78, 5) is 13.1. The molecule has 12 nitrogen and oxygen atoms in total. The van der Waals surface area contributed by atoms with Crippen LogP contribution in [0.2, 0.25) is 0 Å². The Morgan fingerprint density at radius 2 is 1.02 bits per heavy atom. The van der Waals surface area contributed by atoms with Gasteiger partial charge < -0.3 is 35.2 Å². The highest BCUT2D eigenvalue weighted by Crippen LogP contribution is 2.26. The monoisotopic (exact) mass is 906 g/mol. The summed E-state index contributed by atoms with van der Waals surface area (Å²) in [6.07, 6.45) is 36.9. The quantitative estimate of drug-likeness (QED) is 0.0194. The molecule has 1 aliphatic rings. The van der Waals surface area contributed by atoms with Gasteiger partial charge in [0.25, 0.3) is 0 Å². The number of rotatable bonds is 44. The van der Waals surface area contributed by atoms with Gasteiger partial charge >= 0.3 is 10.4 Å². The molecule has 0 aromatic heterocycles. The van der Waals surface area contributed by atoms with Gasteiger partial charge in [0.05, 0.1) is 25.4 Å². The molecular weight excluding hydrogens is 811 g/mol. The molecule has 0 spiro atoms. The molecule has 1 aliphatic heterocycles. The van der Waals surface area contributed by atoms with E-state index in [-0.39, 0.29) is 18.9 Å². The van der Waals surface area contributed by atoms with Crippen molar-refractivity contribution in [1.29, 1.82) is 0 Å². The predicted molar refractivity (Wildman–Crippen MR) is 250 cm³/mol. The van der Waals surface area contributed by atoms with Crippen LogP contribution < -0.4 is 5.32 Å². The Labute approximate surface area is 379 Å². The van der Waals surface area contributed by atoms with Crippen LogP contribution in [0.3, 0.4) is 0 Å². The molecule has 7 atom stereocenters. The van der Waals surface area contributed by atoms with E-state index in [0.717, 1.165) is 38.5 Å². The Hall–Kier alpha value is -1.16. The van der Waals surface area contributed by atoms with Crippen LogP contribution in [0.15, 0.2) is 12.2 Å². The fourth-order valence-electron chi connectivity index (χ4n) is 8.34. The van der Waals surface area contributed by atoms with Crippen LogP contribution in [0.4, 0.5) is 0 Å². The van der Waals surface area contributed by atoms with Crippen molar-refractivity contribution in [2.24, 2.45) is 0 Å². The van der Waals surface area contributed by atoms with Crippen molar-refractivity contribution in [3.05, 3.63) is 12.2 Å². The Morgan fingerprint density at radius 3 is 1.40 bits per heavy atom. The molecule has 7 unspecified atom stereocenters. The van der Waals surface area contributed by atoms with Gasteiger partial charge in [0.15, 0.2) is 6.29 Å². The Kier molecular flexibility index (Phi) is 38.1. The zero-order chi connectivity index (χ0) is 45.5. The van der Waals surface area contributed by atoms with E-state index in [1.165, 1.54) is 173 Å². The Balaban J connectivity index is 2.38. The van der Waals surface area contributed by atoms with Crippen LogP contribution in [-0.2, 0) is 28.9 Å². The molecule has 1 rings (SSSR count). The van der Waals surface area contributed by atoms with Crippen LogP contribution in [0.1, 0.15) is 239 Å². The van der Waals surface area contributed by atoms with Crippen molar-refractivity contribution < 1.29 is 51.8 Å². The number of carbonyl (C=O) groups excluding carboxylic acids is 1. The number of amides is 1. The SMILES string of the molecule is CCCCCCCCCCCC/C=C/C(O)C(COC1OC(CO)C(O)C(OS(=O)(=O)O)C1O)NC(=O)CCCCCCCCCCCCCCCCCCCCCCCCC.